The van der Waals surface area contributed by atoms with Gasteiger partial charge < -0.3 is 9.80 Å². The first-order chi connectivity index (χ1) is 23.3. The van der Waals surface area contributed by atoms with Crippen molar-refractivity contribution in [3.05, 3.63) is 12.4 Å². The fraction of sp³-hybridized carbons (Fsp3) is 0.956. The summed E-state index contributed by atoms with van der Waals surface area (Å²) in [7, 11) is 0. The first kappa shape index (κ1) is 44.4. The van der Waals surface area contributed by atoms with Crippen molar-refractivity contribution in [2.75, 3.05) is 13.1 Å². The standard InChI is InChI=1S/C45H90N2/c1-4-7-10-13-16-18-20-22-24-26-28-30-32-34-37-40-45-46(41-38-35-15-12-9-6-3)43-44-47(45)42-39-36-33-31-29-27-25-23-21-19-17-14-11-8-5-2/h43-45H,4-42H2,1-3H3. The Labute approximate surface area is 299 Å². The number of hydrogen-bond acceptors (Lipinski definition) is 2. The second-order valence-electron chi connectivity index (χ2n) is 15.7. The Morgan fingerprint density at radius 3 is 0.745 bits per heavy atom. The lowest BCUT2D eigenvalue weighted by atomic mass is 10.0. The van der Waals surface area contributed by atoms with Crippen molar-refractivity contribution >= 4 is 0 Å². The average Bonchev–Trinajstić information content (AvgIpc) is 3.47. The van der Waals surface area contributed by atoms with E-state index in [2.05, 4.69) is 43.0 Å². The molecule has 0 aromatic heterocycles. The molecule has 2 heteroatoms. The van der Waals surface area contributed by atoms with Crippen LogP contribution in [0.3, 0.4) is 0 Å². The Balaban J connectivity index is 2.13. The van der Waals surface area contributed by atoms with Gasteiger partial charge in [0.05, 0.1) is 0 Å². The Hall–Kier alpha value is -0.660. The third kappa shape index (κ3) is 28.8. The van der Waals surface area contributed by atoms with Crippen LogP contribution in [-0.4, -0.2) is 29.1 Å². The molecule has 0 fully saturated rings. The molecule has 0 radical (unpaired) electrons. The second kappa shape index (κ2) is 36.6. The quantitative estimate of drug-likeness (QED) is 0.0606. The van der Waals surface area contributed by atoms with Crippen LogP contribution in [0.2, 0.25) is 0 Å². The number of unbranched alkanes of at least 4 members (excludes halogenated alkanes) is 33. The highest BCUT2D eigenvalue weighted by Crippen LogP contribution is 2.24. The maximum Gasteiger partial charge on any atom is 0.101 e. The summed E-state index contributed by atoms with van der Waals surface area (Å²) in [6.45, 7) is 9.49. The molecule has 0 aromatic rings. The molecule has 0 saturated carbocycles. The normalized spacial score (nSPS) is 14.7. The zero-order valence-electron chi connectivity index (χ0n) is 33.2. The minimum absolute atomic E-state index is 0.638. The first-order valence-electron chi connectivity index (χ1n) is 22.5. The highest BCUT2D eigenvalue weighted by atomic mass is 15.4. The van der Waals surface area contributed by atoms with E-state index in [1.165, 1.54) is 251 Å². The van der Waals surface area contributed by atoms with Gasteiger partial charge in [0.25, 0.3) is 0 Å². The van der Waals surface area contributed by atoms with E-state index >= 15 is 0 Å². The molecule has 0 saturated heterocycles. The summed E-state index contributed by atoms with van der Waals surface area (Å²) in [6, 6.07) is 0. The van der Waals surface area contributed by atoms with Crippen LogP contribution < -0.4 is 0 Å². The van der Waals surface area contributed by atoms with Gasteiger partial charge >= 0.3 is 0 Å². The molecule has 0 aliphatic carbocycles. The smallest absolute Gasteiger partial charge is 0.101 e. The molecule has 0 bridgehead atoms. The average molecular weight is 659 g/mol. The molecular formula is C45H90N2. The van der Waals surface area contributed by atoms with Crippen molar-refractivity contribution < 1.29 is 0 Å². The summed E-state index contributed by atoms with van der Waals surface area (Å²) in [5.41, 5.74) is 0. The highest BCUT2D eigenvalue weighted by Gasteiger charge is 2.24. The molecule has 1 aliphatic heterocycles. The fourth-order valence-electron chi connectivity index (χ4n) is 7.78. The van der Waals surface area contributed by atoms with Crippen molar-refractivity contribution in [3.63, 3.8) is 0 Å². The zero-order chi connectivity index (χ0) is 33.7. The highest BCUT2D eigenvalue weighted by molar-refractivity contribution is 4.97. The number of nitrogens with zero attached hydrogens (tertiary/aromatic N) is 2. The summed E-state index contributed by atoms with van der Waals surface area (Å²) in [4.78, 5) is 5.44. The predicted molar refractivity (Wildman–Crippen MR) is 214 cm³/mol. The molecule has 2 nitrogen and oxygen atoms in total. The monoisotopic (exact) mass is 659 g/mol. The Morgan fingerprint density at radius 1 is 0.277 bits per heavy atom. The van der Waals surface area contributed by atoms with E-state index in [1.54, 1.807) is 0 Å². The van der Waals surface area contributed by atoms with Crippen LogP contribution in [0.4, 0.5) is 0 Å². The Kier molecular flexibility index (Phi) is 34.6. The van der Waals surface area contributed by atoms with Crippen molar-refractivity contribution in [3.8, 4) is 0 Å². The molecular weight excluding hydrogens is 569 g/mol. The lowest BCUT2D eigenvalue weighted by Crippen LogP contribution is -2.39. The van der Waals surface area contributed by atoms with Crippen LogP contribution in [0.15, 0.2) is 12.4 Å². The molecule has 1 heterocycles. The molecule has 1 unspecified atom stereocenters. The molecule has 280 valence electrons. The molecule has 1 aliphatic rings. The van der Waals surface area contributed by atoms with Crippen LogP contribution in [0.5, 0.6) is 0 Å². The van der Waals surface area contributed by atoms with Gasteiger partial charge in [-0.1, -0.05) is 233 Å². The molecule has 0 amide bonds. The molecule has 0 N–H and O–H groups in total. The summed E-state index contributed by atoms with van der Waals surface area (Å²) >= 11 is 0. The van der Waals surface area contributed by atoms with Crippen LogP contribution in [-0.2, 0) is 0 Å². The van der Waals surface area contributed by atoms with Gasteiger partial charge in [-0.05, 0) is 25.7 Å². The van der Waals surface area contributed by atoms with Crippen LogP contribution in [0, 0.1) is 0 Å². The lowest BCUT2D eigenvalue weighted by Gasteiger charge is -2.33. The minimum Gasteiger partial charge on any atom is -0.356 e. The number of hydrogen-bond donors (Lipinski definition) is 0. The largest absolute Gasteiger partial charge is 0.356 e. The Morgan fingerprint density at radius 2 is 0.489 bits per heavy atom. The molecule has 1 atom stereocenters. The second-order valence-corrected chi connectivity index (χ2v) is 15.7. The van der Waals surface area contributed by atoms with Gasteiger partial charge in [0.1, 0.15) is 6.17 Å². The zero-order valence-corrected chi connectivity index (χ0v) is 33.2. The van der Waals surface area contributed by atoms with E-state index < -0.39 is 0 Å². The van der Waals surface area contributed by atoms with Gasteiger partial charge in [0, 0.05) is 25.5 Å². The summed E-state index contributed by atoms with van der Waals surface area (Å²) in [5.74, 6) is 0. The fourth-order valence-corrected chi connectivity index (χ4v) is 7.78. The molecule has 0 spiro atoms. The van der Waals surface area contributed by atoms with Gasteiger partial charge in [0.15, 0.2) is 0 Å². The number of rotatable bonds is 39. The minimum atomic E-state index is 0.638. The van der Waals surface area contributed by atoms with Crippen LogP contribution in [0.1, 0.15) is 258 Å². The van der Waals surface area contributed by atoms with Crippen molar-refractivity contribution in [2.45, 2.75) is 265 Å². The van der Waals surface area contributed by atoms with E-state index in [9.17, 15) is 0 Å². The lowest BCUT2D eigenvalue weighted by molar-refractivity contribution is 0.135. The van der Waals surface area contributed by atoms with E-state index in [1.807, 2.05) is 0 Å². The topological polar surface area (TPSA) is 6.48 Å². The van der Waals surface area contributed by atoms with Gasteiger partial charge in [-0.2, -0.15) is 0 Å². The van der Waals surface area contributed by atoms with E-state index in [4.69, 9.17) is 0 Å². The van der Waals surface area contributed by atoms with E-state index in [0.29, 0.717) is 6.17 Å². The summed E-state index contributed by atoms with van der Waals surface area (Å²) in [5, 5.41) is 0. The van der Waals surface area contributed by atoms with Crippen molar-refractivity contribution in [1.82, 2.24) is 9.80 Å². The summed E-state index contributed by atoms with van der Waals surface area (Å²) < 4.78 is 0. The maximum atomic E-state index is 2.73. The van der Waals surface area contributed by atoms with Crippen LogP contribution >= 0.6 is 0 Å². The van der Waals surface area contributed by atoms with Gasteiger partial charge in [-0.3, -0.25) is 0 Å². The molecule has 1 rings (SSSR count). The van der Waals surface area contributed by atoms with Crippen LogP contribution in [0.25, 0.3) is 0 Å². The van der Waals surface area contributed by atoms with Crippen molar-refractivity contribution in [1.29, 1.82) is 0 Å². The van der Waals surface area contributed by atoms with Crippen molar-refractivity contribution in [2.24, 2.45) is 0 Å². The predicted octanol–water partition coefficient (Wildman–Crippen LogP) is 15.9. The molecule has 0 aromatic carbocycles. The Bertz CT molecular complexity index is 615. The maximum absolute atomic E-state index is 2.73. The first-order valence-corrected chi connectivity index (χ1v) is 22.5. The SMILES string of the molecule is CCCCCCCCCCCCCCCCCC1N(CCCCCCCC)C=CN1CCCCCCCCCCCCCCCCC. The van der Waals surface area contributed by atoms with Gasteiger partial charge in [0.2, 0.25) is 0 Å². The third-order valence-corrected chi connectivity index (χ3v) is 11.1. The van der Waals surface area contributed by atoms with E-state index in [0.717, 1.165) is 0 Å². The summed E-state index contributed by atoms with van der Waals surface area (Å²) in [6.07, 6.45) is 58.9. The van der Waals surface area contributed by atoms with E-state index in [-0.39, 0.29) is 0 Å². The van der Waals surface area contributed by atoms with Gasteiger partial charge in [-0.15, -0.1) is 0 Å². The molecule has 47 heavy (non-hydrogen) atoms. The van der Waals surface area contributed by atoms with Gasteiger partial charge in [-0.25, -0.2) is 0 Å². The third-order valence-electron chi connectivity index (χ3n) is 11.1.